The maximum atomic E-state index is 12.4. The first kappa shape index (κ1) is 19.7. The van der Waals surface area contributed by atoms with Crippen LogP contribution in [0.25, 0.3) is 0 Å². The number of carbonyl (C=O) groups is 2. The lowest BCUT2D eigenvalue weighted by Crippen LogP contribution is -2.54. The van der Waals surface area contributed by atoms with Crippen LogP contribution in [0.1, 0.15) is 12.8 Å². The van der Waals surface area contributed by atoms with Gasteiger partial charge in [-0.15, -0.1) is 0 Å². The smallest absolute Gasteiger partial charge is 0.450 e. The van der Waals surface area contributed by atoms with Crippen molar-refractivity contribution >= 4 is 17.9 Å². The number of anilines is 1. The van der Waals surface area contributed by atoms with Gasteiger partial charge in [0, 0.05) is 63.9 Å². The van der Waals surface area contributed by atoms with E-state index in [0.29, 0.717) is 25.9 Å². The fourth-order valence-electron chi connectivity index (χ4n) is 4.22. The van der Waals surface area contributed by atoms with Crippen LogP contribution in [-0.4, -0.2) is 102 Å². The quantitative estimate of drug-likeness (QED) is 0.722. The summed E-state index contributed by atoms with van der Waals surface area (Å²) < 4.78 is 10.4. The molecule has 1 unspecified atom stereocenters. The molecule has 3 aliphatic rings. The molecule has 158 valence electrons. The predicted molar refractivity (Wildman–Crippen MR) is 104 cm³/mol. The zero-order valence-corrected chi connectivity index (χ0v) is 16.4. The van der Waals surface area contributed by atoms with Crippen LogP contribution in [0, 0.1) is 0 Å². The second-order valence-electron chi connectivity index (χ2n) is 7.62. The molecule has 0 aromatic carbocycles. The summed E-state index contributed by atoms with van der Waals surface area (Å²) in [4.78, 5) is 31.6. The Morgan fingerprint density at radius 1 is 1.14 bits per heavy atom. The van der Waals surface area contributed by atoms with Crippen LogP contribution < -0.4 is 4.90 Å². The molecule has 0 saturated carbocycles. The first-order valence-electron chi connectivity index (χ1n) is 10.1. The lowest BCUT2D eigenvalue weighted by Gasteiger charge is -2.39. The SMILES string of the molecule is O=C(O)OC1CCN(CC2CN(N3CCN(c4ccncc4)CC3)C(=O)O2)CC1. The lowest BCUT2D eigenvalue weighted by molar-refractivity contribution is 0.0121. The van der Waals surface area contributed by atoms with Gasteiger partial charge >= 0.3 is 12.2 Å². The third-order valence-electron chi connectivity index (χ3n) is 5.74. The first-order valence-corrected chi connectivity index (χ1v) is 10.1. The highest BCUT2D eigenvalue weighted by Crippen LogP contribution is 2.21. The molecule has 3 saturated heterocycles. The van der Waals surface area contributed by atoms with Crippen molar-refractivity contribution in [2.75, 3.05) is 57.3 Å². The summed E-state index contributed by atoms with van der Waals surface area (Å²) in [6.45, 7) is 5.93. The molecule has 0 bridgehead atoms. The normalized spacial score (nSPS) is 24.6. The molecular weight excluding hydrogens is 378 g/mol. The van der Waals surface area contributed by atoms with Crippen molar-refractivity contribution < 1.29 is 24.2 Å². The highest BCUT2D eigenvalue weighted by Gasteiger charge is 2.37. The zero-order chi connectivity index (χ0) is 20.2. The van der Waals surface area contributed by atoms with Crippen molar-refractivity contribution in [1.29, 1.82) is 0 Å². The van der Waals surface area contributed by atoms with Gasteiger partial charge in [0.15, 0.2) is 0 Å². The standard InChI is InChI=1S/C19H27N5O5/c25-18-24(23-11-9-22(10-12-23)15-1-5-20-6-2-15)14-17(28-18)13-21-7-3-16(4-8-21)29-19(26)27/h1-2,5-6,16-17H,3-4,7-14H2,(H,26,27). The fourth-order valence-corrected chi connectivity index (χ4v) is 4.22. The summed E-state index contributed by atoms with van der Waals surface area (Å²) >= 11 is 0. The molecule has 1 amide bonds. The van der Waals surface area contributed by atoms with E-state index in [0.717, 1.165) is 45.0 Å². The predicted octanol–water partition coefficient (Wildman–Crippen LogP) is 1.10. The van der Waals surface area contributed by atoms with Crippen molar-refractivity contribution in [1.82, 2.24) is 19.9 Å². The van der Waals surface area contributed by atoms with Crippen molar-refractivity contribution in [2.24, 2.45) is 0 Å². The third-order valence-corrected chi connectivity index (χ3v) is 5.74. The molecule has 1 aromatic rings. The number of carboxylic acid groups (broad SMARTS) is 1. The van der Waals surface area contributed by atoms with Gasteiger partial charge in [-0.1, -0.05) is 0 Å². The summed E-state index contributed by atoms with van der Waals surface area (Å²) in [6.07, 6.45) is 3.04. The van der Waals surface area contributed by atoms with Gasteiger partial charge in [-0.25, -0.2) is 19.6 Å². The molecule has 1 N–H and O–H groups in total. The number of aromatic nitrogens is 1. The van der Waals surface area contributed by atoms with E-state index in [-0.39, 0.29) is 18.3 Å². The number of hydrogen-bond donors (Lipinski definition) is 1. The van der Waals surface area contributed by atoms with Gasteiger partial charge in [0.1, 0.15) is 12.2 Å². The largest absolute Gasteiger partial charge is 0.506 e. The van der Waals surface area contributed by atoms with Gasteiger partial charge in [-0.05, 0) is 25.0 Å². The number of pyridine rings is 1. The van der Waals surface area contributed by atoms with Crippen LogP contribution in [0.2, 0.25) is 0 Å². The summed E-state index contributed by atoms with van der Waals surface area (Å²) in [6, 6.07) is 4.00. The summed E-state index contributed by atoms with van der Waals surface area (Å²) in [5, 5.41) is 12.5. The van der Waals surface area contributed by atoms with Gasteiger partial charge in [0.2, 0.25) is 0 Å². The number of piperazine rings is 1. The van der Waals surface area contributed by atoms with E-state index < -0.39 is 6.16 Å². The topological polar surface area (TPSA) is 98.7 Å². The molecule has 0 spiro atoms. The Morgan fingerprint density at radius 2 is 1.83 bits per heavy atom. The van der Waals surface area contributed by atoms with Gasteiger partial charge in [0.05, 0.1) is 6.54 Å². The first-order chi connectivity index (χ1) is 14.1. The molecule has 4 rings (SSSR count). The van der Waals surface area contributed by atoms with E-state index in [9.17, 15) is 9.59 Å². The van der Waals surface area contributed by atoms with Crippen LogP contribution in [0.3, 0.4) is 0 Å². The van der Waals surface area contributed by atoms with E-state index in [1.165, 1.54) is 0 Å². The van der Waals surface area contributed by atoms with E-state index in [1.54, 1.807) is 17.4 Å². The molecule has 1 aromatic heterocycles. The monoisotopic (exact) mass is 405 g/mol. The Bertz CT molecular complexity index is 704. The number of likely N-dealkylation sites (tertiary alicyclic amines) is 1. The van der Waals surface area contributed by atoms with Crippen LogP contribution in [0.15, 0.2) is 24.5 Å². The lowest BCUT2D eigenvalue weighted by atomic mass is 10.1. The highest BCUT2D eigenvalue weighted by atomic mass is 16.7. The van der Waals surface area contributed by atoms with Gasteiger partial charge < -0.3 is 19.5 Å². The van der Waals surface area contributed by atoms with E-state index >= 15 is 0 Å². The van der Waals surface area contributed by atoms with Crippen molar-refractivity contribution in [3.05, 3.63) is 24.5 Å². The van der Waals surface area contributed by atoms with Gasteiger partial charge in [-0.3, -0.25) is 9.88 Å². The van der Waals surface area contributed by atoms with Crippen molar-refractivity contribution in [3.8, 4) is 0 Å². The molecule has 1 atom stereocenters. The second kappa shape index (κ2) is 8.83. The number of hydrogen-bond acceptors (Lipinski definition) is 8. The number of piperidine rings is 1. The minimum absolute atomic E-state index is 0.169. The number of nitrogens with zero attached hydrogens (tertiary/aromatic N) is 5. The molecule has 10 heteroatoms. The third kappa shape index (κ3) is 4.88. The Hall–Kier alpha value is -2.59. The zero-order valence-electron chi connectivity index (χ0n) is 16.4. The van der Waals surface area contributed by atoms with Crippen LogP contribution >= 0.6 is 0 Å². The van der Waals surface area contributed by atoms with Gasteiger partial charge in [-0.2, -0.15) is 0 Å². The number of carbonyl (C=O) groups excluding carboxylic acids is 1. The number of amides is 1. The molecule has 4 heterocycles. The van der Waals surface area contributed by atoms with E-state index in [2.05, 4.69) is 19.8 Å². The molecule has 10 nitrogen and oxygen atoms in total. The number of ether oxygens (including phenoxy) is 2. The van der Waals surface area contributed by atoms with Crippen LogP contribution in [0.5, 0.6) is 0 Å². The summed E-state index contributed by atoms with van der Waals surface area (Å²) in [5.74, 6) is 0. The maximum Gasteiger partial charge on any atom is 0.506 e. The molecule has 3 aliphatic heterocycles. The second-order valence-corrected chi connectivity index (χ2v) is 7.62. The van der Waals surface area contributed by atoms with Crippen molar-refractivity contribution in [3.63, 3.8) is 0 Å². The van der Waals surface area contributed by atoms with E-state index in [1.807, 2.05) is 12.1 Å². The molecule has 3 fully saturated rings. The Kier molecular flexibility index (Phi) is 6.00. The molecular formula is C19H27N5O5. The van der Waals surface area contributed by atoms with Crippen LogP contribution in [-0.2, 0) is 9.47 Å². The van der Waals surface area contributed by atoms with Crippen LogP contribution in [0.4, 0.5) is 15.3 Å². The highest BCUT2D eigenvalue weighted by molar-refractivity contribution is 5.69. The number of hydrazine groups is 1. The molecule has 0 aliphatic carbocycles. The Labute approximate surface area is 169 Å². The number of cyclic esters (lactones) is 1. The molecule has 29 heavy (non-hydrogen) atoms. The van der Waals surface area contributed by atoms with Crippen molar-refractivity contribution in [2.45, 2.75) is 25.0 Å². The minimum atomic E-state index is -1.21. The Morgan fingerprint density at radius 3 is 2.48 bits per heavy atom. The minimum Gasteiger partial charge on any atom is -0.450 e. The maximum absolute atomic E-state index is 12.4. The average molecular weight is 405 g/mol. The average Bonchev–Trinajstić information content (AvgIpc) is 3.10. The summed E-state index contributed by atoms with van der Waals surface area (Å²) in [7, 11) is 0. The Balaban J connectivity index is 1.22. The van der Waals surface area contributed by atoms with Gasteiger partial charge in [0.25, 0.3) is 0 Å². The molecule has 0 radical (unpaired) electrons. The summed E-state index contributed by atoms with van der Waals surface area (Å²) in [5.41, 5.74) is 1.15. The van der Waals surface area contributed by atoms with E-state index in [4.69, 9.17) is 14.6 Å². The fraction of sp³-hybridized carbons (Fsp3) is 0.632. The number of rotatable bonds is 5.